The highest BCUT2D eigenvalue weighted by Gasteiger charge is 2.14. The third-order valence-electron chi connectivity index (χ3n) is 2.01. The fourth-order valence-corrected chi connectivity index (χ4v) is 1.27. The molecule has 1 aromatic carbocycles. The number of anilines is 1. The monoisotopic (exact) mass is 179 g/mol. The predicted molar refractivity (Wildman–Crippen MR) is 51.0 cm³/mol. The lowest BCUT2D eigenvalue weighted by molar-refractivity contribution is 0.228. The van der Waals surface area contributed by atoms with E-state index in [1.54, 1.807) is 6.07 Å². The molecule has 3 heteroatoms. The van der Waals surface area contributed by atoms with Crippen LogP contribution < -0.4 is 15.2 Å². The zero-order valence-corrected chi connectivity index (χ0v) is 7.62. The summed E-state index contributed by atoms with van der Waals surface area (Å²) < 4.78 is 11.1. The SMILES string of the molecule is CC1COc2ccc(N)cc2OC1. The van der Waals surface area contributed by atoms with Gasteiger partial charge >= 0.3 is 0 Å². The van der Waals surface area contributed by atoms with Crippen molar-refractivity contribution >= 4 is 5.69 Å². The Morgan fingerprint density at radius 2 is 1.92 bits per heavy atom. The van der Waals surface area contributed by atoms with Gasteiger partial charge in [-0.25, -0.2) is 0 Å². The van der Waals surface area contributed by atoms with Crippen LogP contribution in [-0.2, 0) is 0 Å². The molecule has 70 valence electrons. The van der Waals surface area contributed by atoms with E-state index in [0.29, 0.717) is 24.8 Å². The van der Waals surface area contributed by atoms with E-state index in [1.165, 1.54) is 0 Å². The second-order valence-corrected chi connectivity index (χ2v) is 3.43. The zero-order valence-electron chi connectivity index (χ0n) is 7.62. The van der Waals surface area contributed by atoms with Crippen LogP contribution in [-0.4, -0.2) is 13.2 Å². The fraction of sp³-hybridized carbons (Fsp3) is 0.400. The Bertz CT molecular complexity index is 312. The number of nitrogen functional groups attached to an aromatic ring is 1. The van der Waals surface area contributed by atoms with Crippen molar-refractivity contribution in [1.29, 1.82) is 0 Å². The Morgan fingerprint density at radius 1 is 1.23 bits per heavy atom. The normalized spacial score (nSPS) is 20.8. The van der Waals surface area contributed by atoms with Gasteiger partial charge in [0.05, 0.1) is 13.2 Å². The van der Waals surface area contributed by atoms with Crippen LogP contribution in [0.1, 0.15) is 6.92 Å². The van der Waals surface area contributed by atoms with E-state index in [2.05, 4.69) is 6.92 Å². The van der Waals surface area contributed by atoms with Gasteiger partial charge in [-0.05, 0) is 12.1 Å². The highest BCUT2D eigenvalue weighted by Crippen LogP contribution is 2.31. The van der Waals surface area contributed by atoms with Gasteiger partial charge in [-0.3, -0.25) is 0 Å². The quantitative estimate of drug-likeness (QED) is 0.616. The standard InChI is InChI=1S/C10H13NO2/c1-7-5-12-9-3-2-8(11)4-10(9)13-6-7/h2-4,7H,5-6,11H2,1H3. The largest absolute Gasteiger partial charge is 0.489 e. The average Bonchev–Trinajstić information content (AvgIpc) is 2.29. The Kier molecular flexibility index (Phi) is 2.00. The van der Waals surface area contributed by atoms with Gasteiger partial charge in [0.1, 0.15) is 0 Å². The minimum absolute atomic E-state index is 0.425. The Morgan fingerprint density at radius 3 is 2.69 bits per heavy atom. The molecule has 0 radical (unpaired) electrons. The molecule has 0 saturated heterocycles. The maximum atomic E-state index is 5.63. The van der Waals surface area contributed by atoms with Crippen LogP contribution in [0.2, 0.25) is 0 Å². The number of benzene rings is 1. The van der Waals surface area contributed by atoms with Gasteiger partial charge in [0.15, 0.2) is 11.5 Å². The van der Waals surface area contributed by atoms with E-state index >= 15 is 0 Å². The molecule has 1 aliphatic heterocycles. The predicted octanol–water partition coefficient (Wildman–Crippen LogP) is 1.68. The second kappa shape index (κ2) is 3.17. The molecule has 1 unspecified atom stereocenters. The summed E-state index contributed by atoms with van der Waals surface area (Å²) >= 11 is 0. The van der Waals surface area contributed by atoms with Crippen LogP contribution in [0.5, 0.6) is 11.5 Å². The summed E-state index contributed by atoms with van der Waals surface area (Å²) in [5, 5.41) is 0. The van der Waals surface area contributed by atoms with Crippen LogP contribution in [0.25, 0.3) is 0 Å². The van der Waals surface area contributed by atoms with Crippen LogP contribution >= 0.6 is 0 Å². The minimum atomic E-state index is 0.425. The van der Waals surface area contributed by atoms with Crippen molar-refractivity contribution in [2.24, 2.45) is 5.92 Å². The van der Waals surface area contributed by atoms with Gasteiger partial charge < -0.3 is 15.2 Å². The number of ether oxygens (including phenoxy) is 2. The molecular formula is C10H13NO2. The molecule has 2 rings (SSSR count). The van der Waals surface area contributed by atoms with Gasteiger partial charge in [-0.1, -0.05) is 6.92 Å². The van der Waals surface area contributed by atoms with Crippen LogP contribution in [0, 0.1) is 5.92 Å². The van der Waals surface area contributed by atoms with Gasteiger partial charge in [0, 0.05) is 17.7 Å². The van der Waals surface area contributed by atoms with E-state index in [4.69, 9.17) is 15.2 Å². The van der Waals surface area contributed by atoms with Crippen molar-refractivity contribution in [3.05, 3.63) is 18.2 Å². The number of hydrogen-bond donors (Lipinski definition) is 1. The van der Waals surface area contributed by atoms with Crippen LogP contribution in [0.3, 0.4) is 0 Å². The Hall–Kier alpha value is -1.38. The maximum Gasteiger partial charge on any atom is 0.163 e. The van der Waals surface area contributed by atoms with Gasteiger partial charge in [-0.2, -0.15) is 0 Å². The molecule has 3 nitrogen and oxygen atoms in total. The highest BCUT2D eigenvalue weighted by molar-refractivity contribution is 5.52. The fourth-order valence-electron chi connectivity index (χ4n) is 1.27. The van der Waals surface area contributed by atoms with Crippen molar-refractivity contribution in [1.82, 2.24) is 0 Å². The molecule has 0 fully saturated rings. The second-order valence-electron chi connectivity index (χ2n) is 3.43. The summed E-state index contributed by atoms with van der Waals surface area (Å²) in [5.41, 5.74) is 6.34. The van der Waals surface area contributed by atoms with E-state index < -0.39 is 0 Å². The molecule has 0 saturated carbocycles. The molecule has 1 atom stereocenters. The zero-order chi connectivity index (χ0) is 9.26. The summed E-state index contributed by atoms with van der Waals surface area (Å²) in [4.78, 5) is 0. The molecular weight excluding hydrogens is 166 g/mol. The highest BCUT2D eigenvalue weighted by atomic mass is 16.5. The van der Waals surface area contributed by atoms with Crippen molar-refractivity contribution in [3.63, 3.8) is 0 Å². The molecule has 0 aromatic heterocycles. The number of hydrogen-bond acceptors (Lipinski definition) is 3. The molecule has 13 heavy (non-hydrogen) atoms. The molecule has 0 bridgehead atoms. The molecule has 0 aliphatic carbocycles. The van der Waals surface area contributed by atoms with Gasteiger partial charge in [0.25, 0.3) is 0 Å². The summed E-state index contributed by atoms with van der Waals surface area (Å²) in [6.07, 6.45) is 0. The lowest BCUT2D eigenvalue weighted by atomic mass is 10.2. The average molecular weight is 179 g/mol. The minimum Gasteiger partial charge on any atom is -0.489 e. The molecule has 0 spiro atoms. The first-order valence-electron chi connectivity index (χ1n) is 4.41. The van der Waals surface area contributed by atoms with E-state index in [0.717, 1.165) is 11.5 Å². The summed E-state index contributed by atoms with van der Waals surface area (Å²) in [6.45, 7) is 3.49. The smallest absolute Gasteiger partial charge is 0.163 e. The summed E-state index contributed by atoms with van der Waals surface area (Å²) in [6, 6.07) is 5.47. The van der Waals surface area contributed by atoms with Gasteiger partial charge in [-0.15, -0.1) is 0 Å². The first-order valence-corrected chi connectivity index (χ1v) is 4.41. The number of fused-ring (bicyclic) bond motifs is 1. The van der Waals surface area contributed by atoms with Crippen LogP contribution in [0.4, 0.5) is 5.69 Å². The molecule has 1 aromatic rings. The summed E-state index contributed by atoms with van der Waals surface area (Å²) in [5.74, 6) is 1.97. The van der Waals surface area contributed by atoms with E-state index in [9.17, 15) is 0 Å². The van der Waals surface area contributed by atoms with Crippen molar-refractivity contribution in [2.45, 2.75) is 6.92 Å². The topological polar surface area (TPSA) is 44.5 Å². The lowest BCUT2D eigenvalue weighted by Crippen LogP contribution is -2.12. The number of rotatable bonds is 0. The Balaban J connectivity index is 2.30. The van der Waals surface area contributed by atoms with Crippen LogP contribution in [0.15, 0.2) is 18.2 Å². The molecule has 1 aliphatic rings. The van der Waals surface area contributed by atoms with Gasteiger partial charge in [0.2, 0.25) is 0 Å². The van der Waals surface area contributed by atoms with Crippen molar-refractivity contribution in [3.8, 4) is 11.5 Å². The lowest BCUT2D eigenvalue weighted by Gasteiger charge is -2.06. The molecule has 2 N–H and O–H groups in total. The third-order valence-corrected chi connectivity index (χ3v) is 2.01. The van der Waals surface area contributed by atoms with Crippen molar-refractivity contribution in [2.75, 3.05) is 18.9 Å². The van der Waals surface area contributed by atoms with E-state index in [1.807, 2.05) is 12.1 Å². The van der Waals surface area contributed by atoms with E-state index in [-0.39, 0.29) is 0 Å². The first kappa shape index (κ1) is 8.23. The summed E-state index contributed by atoms with van der Waals surface area (Å²) in [7, 11) is 0. The molecule has 1 heterocycles. The first-order chi connectivity index (χ1) is 6.25. The third kappa shape index (κ3) is 1.69. The molecule has 0 amide bonds. The number of nitrogens with two attached hydrogens (primary N) is 1. The van der Waals surface area contributed by atoms with Crippen molar-refractivity contribution < 1.29 is 9.47 Å². The Labute approximate surface area is 77.5 Å². The maximum absolute atomic E-state index is 5.63.